The highest BCUT2D eigenvalue weighted by Crippen LogP contribution is 2.32. The Morgan fingerprint density at radius 1 is 0.902 bits per heavy atom. The number of aryl methyl sites for hydroxylation is 1. The van der Waals surface area contributed by atoms with Crippen molar-refractivity contribution in [3.05, 3.63) is 83.9 Å². The van der Waals surface area contributed by atoms with E-state index in [1.165, 1.54) is 37.3 Å². The molecule has 3 aromatic carbocycles. The second-order valence-electron chi connectivity index (χ2n) is 9.96. The fourth-order valence-corrected chi connectivity index (χ4v) is 5.96. The van der Waals surface area contributed by atoms with Gasteiger partial charge in [-0.25, -0.2) is 8.42 Å². The molecular formula is C31H39N3O6S. The van der Waals surface area contributed by atoms with Crippen LogP contribution in [0.25, 0.3) is 0 Å². The minimum atomic E-state index is -4.24. The summed E-state index contributed by atoms with van der Waals surface area (Å²) in [4.78, 5) is 28.7. The van der Waals surface area contributed by atoms with E-state index in [9.17, 15) is 18.0 Å². The zero-order chi connectivity index (χ0) is 30.2. The SMILES string of the molecule is CC[C@@H](C(=O)NC(C)C)N(Cc1cccc(C)c1)C(=O)CN(c1ccccc1)S(=O)(=O)c1ccc(OC)c(OC)c1. The van der Waals surface area contributed by atoms with Crippen LogP contribution in [0.5, 0.6) is 11.5 Å². The van der Waals surface area contributed by atoms with Crippen LogP contribution in [0.4, 0.5) is 5.69 Å². The lowest BCUT2D eigenvalue weighted by Gasteiger charge is -2.33. The number of nitrogens with zero attached hydrogens (tertiary/aromatic N) is 2. The smallest absolute Gasteiger partial charge is 0.264 e. The highest BCUT2D eigenvalue weighted by molar-refractivity contribution is 7.92. The second-order valence-corrected chi connectivity index (χ2v) is 11.8. The predicted octanol–water partition coefficient (Wildman–Crippen LogP) is 4.54. The zero-order valence-corrected chi connectivity index (χ0v) is 25.3. The molecule has 0 unspecified atom stereocenters. The van der Waals surface area contributed by atoms with Gasteiger partial charge in [-0.05, 0) is 57.0 Å². The lowest BCUT2D eigenvalue weighted by Crippen LogP contribution is -2.53. The number of para-hydroxylation sites is 1. The standard InChI is InChI=1S/C31H39N3O6S/c1-7-27(31(36)32-22(2)3)33(20-24-13-11-12-23(4)18-24)30(35)21-34(25-14-9-8-10-15-25)41(37,38)26-16-17-28(39-5)29(19-26)40-6/h8-19,22,27H,7,20-21H2,1-6H3,(H,32,36)/t27-/m0/s1. The van der Waals surface area contributed by atoms with E-state index < -0.39 is 28.5 Å². The lowest BCUT2D eigenvalue weighted by atomic mass is 10.1. The van der Waals surface area contributed by atoms with E-state index in [1.807, 2.05) is 52.0 Å². The van der Waals surface area contributed by atoms with Crippen LogP contribution in [0.3, 0.4) is 0 Å². The highest BCUT2D eigenvalue weighted by atomic mass is 32.2. The number of carbonyl (C=O) groups excluding carboxylic acids is 2. The first kappa shape index (κ1) is 31.5. The summed E-state index contributed by atoms with van der Waals surface area (Å²) in [5, 5.41) is 2.90. The number of ether oxygens (including phenoxy) is 2. The van der Waals surface area contributed by atoms with Crippen LogP contribution in [-0.2, 0) is 26.2 Å². The molecule has 0 bridgehead atoms. The molecule has 220 valence electrons. The van der Waals surface area contributed by atoms with E-state index in [1.54, 1.807) is 30.3 Å². The van der Waals surface area contributed by atoms with Gasteiger partial charge < -0.3 is 19.7 Å². The van der Waals surface area contributed by atoms with Gasteiger partial charge in [-0.1, -0.05) is 55.0 Å². The Morgan fingerprint density at radius 3 is 2.17 bits per heavy atom. The molecule has 0 aliphatic rings. The molecule has 1 N–H and O–H groups in total. The third-order valence-corrected chi connectivity index (χ3v) is 8.29. The molecule has 0 spiro atoms. The van der Waals surface area contributed by atoms with Crippen LogP contribution in [-0.4, -0.2) is 58.0 Å². The topological polar surface area (TPSA) is 105 Å². The zero-order valence-electron chi connectivity index (χ0n) is 24.5. The third kappa shape index (κ3) is 7.79. The van der Waals surface area contributed by atoms with Gasteiger partial charge in [0.2, 0.25) is 11.8 Å². The molecule has 41 heavy (non-hydrogen) atoms. The fraction of sp³-hybridized carbons (Fsp3) is 0.355. The Bertz CT molecular complexity index is 1440. The Hall–Kier alpha value is -4.05. The summed E-state index contributed by atoms with van der Waals surface area (Å²) in [6.45, 7) is 7.11. The fourth-order valence-electron chi connectivity index (χ4n) is 4.53. The van der Waals surface area contributed by atoms with Gasteiger partial charge in [0.15, 0.2) is 11.5 Å². The summed E-state index contributed by atoms with van der Waals surface area (Å²) in [5.74, 6) is -0.187. The molecule has 3 aromatic rings. The molecular weight excluding hydrogens is 542 g/mol. The molecule has 0 saturated carbocycles. The van der Waals surface area contributed by atoms with Gasteiger partial charge in [0.05, 0.1) is 24.8 Å². The van der Waals surface area contributed by atoms with E-state index in [0.29, 0.717) is 17.9 Å². The van der Waals surface area contributed by atoms with Crippen molar-refractivity contribution in [1.29, 1.82) is 0 Å². The summed E-state index contributed by atoms with van der Waals surface area (Å²) >= 11 is 0. The van der Waals surface area contributed by atoms with E-state index in [-0.39, 0.29) is 29.1 Å². The van der Waals surface area contributed by atoms with Gasteiger partial charge in [-0.2, -0.15) is 0 Å². The van der Waals surface area contributed by atoms with E-state index in [2.05, 4.69) is 5.32 Å². The molecule has 0 saturated heterocycles. The maximum absolute atomic E-state index is 14.1. The Labute approximate surface area is 243 Å². The van der Waals surface area contributed by atoms with Crippen LogP contribution in [0.2, 0.25) is 0 Å². The summed E-state index contributed by atoms with van der Waals surface area (Å²) in [5.41, 5.74) is 2.16. The molecule has 0 aliphatic carbocycles. The number of benzene rings is 3. The molecule has 0 fully saturated rings. The van der Waals surface area contributed by atoms with Crippen molar-refractivity contribution in [3.63, 3.8) is 0 Å². The Balaban J connectivity index is 2.08. The number of hydrogen-bond acceptors (Lipinski definition) is 6. The van der Waals surface area contributed by atoms with E-state index >= 15 is 0 Å². The van der Waals surface area contributed by atoms with E-state index in [0.717, 1.165) is 15.4 Å². The average molecular weight is 582 g/mol. The first-order chi connectivity index (χ1) is 19.5. The van der Waals surface area contributed by atoms with Gasteiger partial charge in [0, 0.05) is 18.7 Å². The number of nitrogens with one attached hydrogen (secondary N) is 1. The van der Waals surface area contributed by atoms with Crippen molar-refractivity contribution in [1.82, 2.24) is 10.2 Å². The van der Waals surface area contributed by atoms with Crippen LogP contribution in [0, 0.1) is 6.92 Å². The van der Waals surface area contributed by atoms with Gasteiger partial charge in [-0.15, -0.1) is 0 Å². The quantitative estimate of drug-likeness (QED) is 0.318. The number of carbonyl (C=O) groups is 2. The van der Waals surface area contributed by atoms with Crippen LogP contribution >= 0.6 is 0 Å². The Morgan fingerprint density at radius 2 is 1.59 bits per heavy atom. The maximum atomic E-state index is 14.1. The first-order valence-electron chi connectivity index (χ1n) is 13.5. The molecule has 1 atom stereocenters. The second kappa shape index (κ2) is 14.0. The van der Waals surface area contributed by atoms with Gasteiger partial charge in [0.25, 0.3) is 10.0 Å². The molecule has 2 amide bonds. The average Bonchev–Trinajstić information content (AvgIpc) is 2.95. The number of hydrogen-bond donors (Lipinski definition) is 1. The summed E-state index contributed by atoms with van der Waals surface area (Å²) in [6, 6.07) is 19.4. The predicted molar refractivity (Wildman–Crippen MR) is 160 cm³/mol. The maximum Gasteiger partial charge on any atom is 0.264 e. The molecule has 9 nitrogen and oxygen atoms in total. The van der Waals surface area contributed by atoms with Crippen LogP contribution in [0.1, 0.15) is 38.3 Å². The minimum Gasteiger partial charge on any atom is -0.493 e. The number of amides is 2. The van der Waals surface area contributed by atoms with Crippen molar-refractivity contribution >= 4 is 27.5 Å². The van der Waals surface area contributed by atoms with Gasteiger partial charge in [-0.3, -0.25) is 13.9 Å². The van der Waals surface area contributed by atoms with Crippen LogP contribution in [0.15, 0.2) is 77.7 Å². The Kier molecular flexibility index (Phi) is 10.8. The van der Waals surface area contributed by atoms with Crippen molar-refractivity contribution in [3.8, 4) is 11.5 Å². The largest absolute Gasteiger partial charge is 0.493 e. The van der Waals surface area contributed by atoms with Crippen molar-refractivity contribution < 1.29 is 27.5 Å². The van der Waals surface area contributed by atoms with E-state index in [4.69, 9.17) is 9.47 Å². The lowest BCUT2D eigenvalue weighted by molar-refractivity contribution is -0.140. The van der Waals surface area contributed by atoms with Gasteiger partial charge in [0.1, 0.15) is 12.6 Å². The monoisotopic (exact) mass is 581 g/mol. The van der Waals surface area contributed by atoms with Gasteiger partial charge >= 0.3 is 0 Å². The first-order valence-corrected chi connectivity index (χ1v) is 14.9. The number of sulfonamides is 1. The van der Waals surface area contributed by atoms with Crippen molar-refractivity contribution in [2.75, 3.05) is 25.1 Å². The molecule has 0 aromatic heterocycles. The number of methoxy groups -OCH3 is 2. The third-order valence-electron chi connectivity index (χ3n) is 6.52. The molecule has 0 heterocycles. The molecule has 3 rings (SSSR count). The minimum absolute atomic E-state index is 0.0679. The van der Waals surface area contributed by atoms with Crippen molar-refractivity contribution in [2.24, 2.45) is 0 Å². The summed E-state index contributed by atoms with van der Waals surface area (Å²) in [7, 11) is -1.36. The van der Waals surface area contributed by atoms with Crippen LogP contribution < -0.4 is 19.1 Å². The van der Waals surface area contributed by atoms with Crippen molar-refractivity contribution in [2.45, 2.75) is 57.6 Å². The summed E-state index contributed by atoms with van der Waals surface area (Å²) < 4.78 is 39.8. The molecule has 10 heteroatoms. The number of rotatable bonds is 13. The number of anilines is 1. The summed E-state index contributed by atoms with van der Waals surface area (Å²) in [6.07, 6.45) is 0.351. The highest BCUT2D eigenvalue weighted by Gasteiger charge is 2.34. The molecule has 0 radical (unpaired) electrons. The molecule has 0 aliphatic heterocycles. The normalized spacial score (nSPS) is 12.0.